The number of ether oxygens (including phenoxy) is 3. The predicted octanol–water partition coefficient (Wildman–Crippen LogP) is 2.72. The Hall–Kier alpha value is -4.47. The molecule has 10 heteroatoms. The lowest BCUT2D eigenvalue weighted by molar-refractivity contribution is -0.120. The molecule has 2 amide bonds. The standard InChI is InChI=1S/C27H28N4O6/c1-3-31-14-20(26(33)19-11-23-24(12-22(19)31)37-15-36-23)27(34)29-9-7-25(32)28-8-6-16-13-30-21-5-4-17(35-2)10-18(16)21/h4-5,10-14,30H,3,6-9,15H2,1-2H3,(H,28,32)(H,29,34). The normalized spacial score (nSPS) is 12.2. The fraction of sp³-hybridized carbons (Fsp3) is 0.296. The van der Waals surface area contributed by atoms with Crippen LogP contribution in [0.4, 0.5) is 0 Å². The van der Waals surface area contributed by atoms with Crippen molar-refractivity contribution in [3.8, 4) is 17.2 Å². The van der Waals surface area contributed by atoms with Gasteiger partial charge in [0.15, 0.2) is 11.5 Å². The van der Waals surface area contributed by atoms with Crippen molar-refractivity contribution in [2.45, 2.75) is 26.3 Å². The molecule has 0 saturated heterocycles. The number of H-pyrrole nitrogens is 1. The van der Waals surface area contributed by atoms with E-state index in [2.05, 4.69) is 15.6 Å². The SMILES string of the molecule is CCn1cc(C(=O)NCCC(=O)NCCc2c[nH]c3ccc(OC)cc23)c(=O)c2cc3c(cc21)OCO3. The number of carbonyl (C=O) groups is 2. The minimum Gasteiger partial charge on any atom is -0.497 e. The zero-order chi connectivity index (χ0) is 25.9. The summed E-state index contributed by atoms with van der Waals surface area (Å²) < 4.78 is 17.9. The fourth-order valence-electron chi connectivity index (χ4n) is 4.50. The van der Waals surface area contributed by atoms with Crippen LogP contribution in [0.25, 0.3) is 21.8 Å². The third-order valence-electron chi connectivity index (χ3n) is 6.49. The highest BCUT2D eigenvalue weighted by Gasteiger charge is 2.20. The van der Waals surface area contributed by atoms with Crippen LogP contribution in [0.2, 0.25) is 0 Å². The number of fused-ring (bicyclic) bond motifs is 3. The van der Waals surface area contributed by atoms with Crippen LogP contribution < -0.4 is 30.3 Å². The molecule has 0 unspecified atom stereocenters. The molecule has 192 valence electrons. The van der Waals surface area contributed by atoms with Crippen LogP contribution in [-0.4, -0.2) is 48.4 Å². The van der Waals surface area contributed by atoms with E-state index in [1.54, 1.807) is 25.4 Å². The van der Waals surface area contributed by atoms with Gasteiger partial charge in [0, 0.05) is 55.4 Å². The first-order chi connectivity index (χ1) is 18.0. The number of amides is 2. The van der Waals surface area contributed by atoms with E-state index in [1.165, 1.54) is 0 Å². The Morgan fingerprint density at radius 2 is 1.89 bits per heavy atom. The first-order valence-corrected chi connectivity index (χ1v) is 12.1. The number of hydrogen-bond donors (Lipinski definition) is 3. The zero-order valence-electron chi connectivity index (χ0n) is 20.7. The predicted molar refractivity (Wildman–Crippen MR) is 139 cm³/mol. The molecule has 2 aromatic heterocycles. The summed E-state index contributed by atoms with van der Waals surface area (Å²) in [6.07, 6.45) is 4.22. The Morgan fingerprint density at radius 3 is 2.68 bits per heavy atom. The molecule has 4 aromatic rings. The maximum absolute atomic E-state index is 13.1. The summed E-state index contributed by atoms with van der Waals surface area (Å²) in [7, 11) is 1.63. The molecule has 10 nitrogen and oxygen atoms in total. The van der Waals surface area contributed by atoms with Crippen LogP contribution in [0.3, 0.4) is 0 Å². The van der Waals surface area contributed by atoms with E-state index in [9.17, 15) is 14.4 Å². The van der Waals surface area contributed by atoms with Gasteiger partial charge in [-0.1, -0.05) is 0 Å². The highest BCUT2D eigenvalue weighted by molar-refractivity contribution is 5.98. The number of nitrogens with zero attached hydrogens (tertiary/aromatic N) is 1. The molecule has 1 aliphatic heterocycles. The van der Waals surface area contributed by atoms with Gasteiger partial charge in [0.25, 0.3) is 5.91 Å². The van der Waals surface area contributed by atoms with Gasteiger partial charge >= 0.3 is 0 Å². The number of aromatic nitrogens is 2. The summed E-state index contributed by atoms with van der Waals surface area (Å²) in [6.45, 7) is 3.14. The maximum Gasteiger partial charge on any atom is 0.256 e. The van der Waals surface area contributed by atoms with E-state index in [0.717, 1.165) is 22.2 Å². The van der Waals surface area contributed by atoms with Gasteiger partial charge in [-0.2, -0.15) is 0 Å². The number of carbonyl (C=O) groups excluding carboxylic acids is 2. The highest BCUT2D eigenvalue weighted by atomic mass is 16.7. The largest absolute Gasteiger partial charge is 0.497 e. The average molecular weight is 505 g/mol. The molecular weight excluding hydrogens is 476 g/mol. The van der Waals surface area contributed by atoms with E-state index < -0.39 is 11.3 Å². The Balaban J connectivity index is 1.17. The van der Waals surface area contributed by atoms with Crippen LogP contribution in [-0.2, 0) is 17.8 Å². The molecule has 0 bridgehead atoms. The molecule has 0 spiro atoms. The molecule has 0 atom stereocenters. The van der Waals surface area contributed by atoms with Crippen molar-refractivity contribution >= 4 is 33.6 Å². The molecular formula is C27H28N4O6. The molecule has 3 heterocycles. The highest BCUT2D eigenvalue weighted by Crippen LogP contribution is 2.35. The summed E-state index contributed by atoms with van der Waals surface area (Å²) in [5.41, 5.74) is 2.37. The number of aromatic amines is 1. The Kier molecular flexibility index (Phi) is 6.72. The van der Waals surface area contributed by atoms with Gasteiger partial charge in [0.1, 0.15) is 11.3 Å². The van der Waals surface area contributed by atoms with Gasteiger partial charge in [0.05, 0.1) is 18.0 Å². The monoisotopic (exact) mass is 504 g/mol. The lowest BCUT2D eigenvalue weighted by atomic mass is 10.1. The van der Waals surface area contributed by atoms with Gasteiger partial charge in [-0.3, -0.25) is 14.4 Å². The van der Waals surface area contributed by atoms with E-state index >= 15 is 0 Å². The van der Waals surface area contributed by atoms with Crippen LogP contribution in [0.5, 0.6) is 17.2 Å². The van der Waals surface area contributed by atoms with Gasteiger partial charge < -0.3 is 34.4 Å². The van der Waals surface area contributed by atoms with E-state index in [-0.39, 0.29) is 31.2 Å². The second-order valence-corrected chi connectivity index (χ2v) is 8.71. The number of hydrogen-bond acceptors (Lipinski definition) is 6. The molecule has 0 radical (unpaired) electrons. The second kappa shape index (κ2) is 10.3. The minimum atomic E-state index is -0.521. The van der Waals surface area contributed by atoms with Crippen LogP contribution in [0, 0.1) is 0 Å². The van der Waals surface area contributed by atoms with Gasteiger partial charge in [0.2, 0.25) is 18.1 Å². The van der Waals surface area contributed by atoms with Crippen LogP contribution in [0.1, 0.15) is 29.3 Å². The number of aryl methyl sites for hydroxylation is 1. The molecule has 5 rings (SSSR count). The van der Waals surface area contributed by atoms with E-state index in [4.69, 9.17) is 14.2 Å². The number of benzene rings is 2. The maximum atomic E-state index is 13.1. The van der Waals surface area contributed by atoms with Crippen molar-refractivity contribution in [2.24, 2.45) is 0 Å². The minimum absolute atomic E-state index is 0.0170. The Labute approximate surface area is 212 Å². The van der Waals surface area contributed by atoms with Gasteiger partial charge in [-0.25, -0.2) is 0 Å². The Morgan fingerprint density at radius 1 is 1.08 bits per heavy atom. The van der Waals surface area contributed by atoms with Crippen molar-refractivity contribution in [1.29, 1.82) is 0 Å². The lowest BCUT2D eigenvalue weighted by Gasteiger charge is -2.12. The first kappa shape index (κ1) is 24.2. The first-order valence-electron chi connectivity index (χ1n) is 12.1. The van der Waals surface area contributed by atoms with E-state index in [0.29, 0.717) is 41.9 Å². The topological polar surface area (TPSA) is 124 Å². The number of pyridine rings is 1. The number of nitrogens with one attached hydrogen (secondary N) is 3. The molecule has 1 aliphatic rings. The number of methoxy groups -OCH3 is 1. The molecule has 37 heavy (non-hydrogen) atoms. The summed E-state index contributed by atoms with van der Waals surface area (Å²) in [5.74, 6) is 1.12. The summed E-state index contributed by atoms with van der Waals surface area (Å²) in [5, 5.41) is 7.01. The Bertz CT molecular complexity index is 1550. The molecule has 3 N–H and O–H groups in total. The molecule has 0 saturated carbocycles. The van der Waals surface area contributed by atoms with Gasteiger partial charge in [-0.15, -0.1) is 0 Å². The van der Waals surface area contributed by atoms with Crippen molar-refractivity contribution in [1.82, 2.24) is 20.2 Å². The number of rotatable bonds is 9. The second-order valence-electron chi connectivity index (χ2n) is 8.71. The summed E-state index contributed by atoms with van der Waals surface area (Å²) >= 11 is 0. The van der Waals surface area contributed by atoms with Crippen molar-refractivity contribution in [3.63, 3.8) is 0 Å². The summed E-state index contributed by atoms with van der Waals surface area (Å²) in [4.78, 5) is 41.4. The smallest absolute Gasteiger partial charge is 0.256 e. The van der Waals surface area contributed by atoms with Gasteiger partial charge in [-0.05, 0) is 43.2 Å². The third kappa shape index (κ3) is 4.82. The van der Waals surface area contributed by atoms with E-state index in [1.807, 2.05) is 35.9 Å². The van der Waals surface area contributed by atoms with Crippen LogP contribution >= 0.6 is 0 Å². The fourth-order valence-corrected chi connectivity index (χ4v) is 4.50. The molecule has 2 aromatic carbocycles. The lowest BCUT2D eigenvalue weighted by Crippen LogP contribution is -2.34. The van der Waals surface area contributed by atoms with Crippen molar-refractivity contribution < 1.29 is 23.8 Å². The van der Waals surface area contributed by atoms with Crippen molar-refractivity contribution in [3.05, 3.63) is 64.1 Å². The molecule has 0 fully saturated rings. The van der Waals surface area contributed by atoms with Crippen molar-refractivity contribution in [2.75, 3.05) is 27.0 Å². The third-order valence-corrected chi connectivity index (χ3v) is 6.49. The van der Waals surface area contributed by atoms with Crippen LogP contribution in [0.15, 0.2) is 47.5 Å². The quantitative estimate of drug-likeness (QED) is 0.322. The average Bonchev–Trinajstić information content (AvgIpc) is 3.54. The molecule has 0 aliphatic carbocycles. The summed E-state index contributed by atoms with van der Waals surface area (Å²) in [6, 6.07) is 9.18. The zero-order valence-corrected chi connectivity index (χ0v) is 20.7.